The smallest absolute Gasteiger partial charge is 0.244 e. The van der Waals surface area contributed by atoms with E-state index in [1.54, 1.807) is 0 Å². The number of hydrogen-bond donors (Lipinski definition) is 1. The molecule has 108 valence electrons. The number of benzene rings is 2. The number of nitrogens with two attached hydrogens (primary N) is 1. The molecule has 1 heterocycles. The van der Waals surface area contributed by atoms with E-state index in [4.69, 9.17) is 5.73 Å². The van der Waals surface area contributed by atoms with Gasteiger partial charge in [-0.05, 0) is 17.5 Å². The summed E-state index contributed by atoms with van der Waals surface area (Å²) in [5, 5.41) is 0. The van der Waals surface area contributed by atoms with E-state index >= 15 is 0 Å². The van der Waals surface area contributed by atoms with Gasteiger partial charge in [-0.25, -0.2) is 0 Å². The third kappa shape index (κ3) is 2.98. The molecule has 0 saturated carbocycles. The van der Waals surface area contributed by atoms with Crippen LogP contribution in [0.3, 0.4) is 0 Å². The maximum absolute atomic E-state index is 12.5. The number of hydrogen-bond acceptors (Lipinski definition) is 2. The van der Waals surface area contributed by atoms with E-state index in [9.17, 15) is 4.79 Å². The molecule has 21 heavy (non-hydrogen) atoms. The third-order valence-electron chi connectivity index (χ3n) is 4.20. The van der Waals surface area contributed by atoms with Crippen molar-refractivity contribution in [3.63, 3.8) is 0 Å². The third-order valence-corrected chi connectivity index (χ3v) is 4.20. The largest absolute Gasteiger partial charge is 0.340 e. The monoisotopic (exact) mass is 280 g/mol. The van der Waals surface area contributed by atoms with Crippen LogP contribution in [0.25, 0.3) is 0 Å². The van der Waals surface area contributed by atoms with Crippen molar-refractivity contribution in [2.75, 3.05) is 13.1 Å². The number of nitrogens with zero attached hydrogens (tertiary/aromatic N) is 1. The Hall–Kier alpha value is -2.13. The lowest BCUT2D eigenvalue weighted by molar-refractivity contribution is -0.131. The van der Waals surface area contributed by atoms with E-state index in [1.807, 2.05) is 41.3 Å². The van der Waals surface area contributed by atoms with Gasteiger partial charge in [0.05, 0.1) is 0 Å². The Labute approximate surface area is 125 Å². The summed E-state index contributed by atoms with van der Waals surface area (Å²) >= 11 is 0. The quantitative estimate of drug-likeness (QED) is 0.939. The zero-order valence-corrected chi connectivity index (χ0v) is 12.0. The number of carbonyl (C=O) groups excluding carboxylic acids is 1. The van der Waals surface area contributed by atoms with Gasteiger partial charge in [-0.15, -0.1) is 0 Å². The van der Waals surface area contributed by atoms with Gasteiger partial charge >= 0.3 is 0 Å². The second-order valence-corrected chi connectivity index (χ2v) is 5.57. The molecule has 3 heteroatoms. The van der Waals surface area contributed by atoms with Crippen LogP contribution in [0.4, 0.5) is 0 Å². The van der Waals surface area contributed by atoms with Crippen molar-refractivity contribution in [2.24, 2.45) is 5.73 Å². The second-order valence-electron chi connectivity index (χ2n) is 5.57. The molecule has 0 aliphatic carbocycles. The highest BCUT2D eigenvalue weighted by molar-refractivity contribution is 5.83. The van der Waals surface area contributed by atoms with E-state index in [0.29, 0.717) is 5.92 Å². The zero-order chi connectivity index (χ0) is 14.7. The SMILES string of the molecule is NC(C(=O)N1CCC(c2ccccc2)C1)c1ccccc1. The van der Waals surface area contributed by atoms with Crippen LogP contribution in [0.15, 0.2) is 60.7 Å². The average molecular weight is 280 g/mol. The van der Waals surface area contributed by atoms with Crippen molar-refractivity contribution in [3.05, 3.63) is 71.8 Å². The van der Waals surface area contributed by atoms with Crippen molar-refractivity contribution in [1.82, 2.24) is 4.90 Å². The van der Waals surface area contributed by atoms with E-state index in [0.717, 1.165) is 25.1 Å². The van der Waals surface area contributed by atoms with E-state index in [-0.39, 0.29) is 5.91 Å². The highest BCUT2D eigenvalue weighted by atomic mass is 16.2. The minimum Gasteiger partial charge on any atom is -0.340 e. The first-order valence-electron chi connectivity index (χ1n) is 7.40. The first kappa shape index (κ1) is 13.8. The van der Waals surface area contributed by atoms with Gasteiger partial charge < -0.3 is 10.6 Å². The number of amides is 1. The Morgan fingerprint density at radius 2 is 1.67 bits per heavy atom. The lowest BCUT2D eigenvalue weighted by atomic mass is 9.99. The summed E-state index contributed by atoms with van der Waals surface area (Å²) in [6.45, 7) is 1.56. The van der Waals surface area contributed by atoms with Gasteiger partial charge in [0, 0.05) is 19.0 Å². The molecule has 1 amide bonds. The zero-order valence-electron chi connectivity index (χ0n) is 12.0. The van der Waals surface area contributed by atoms with E-state index < -0.39 is 6.04 Å². The molecule has 1 saturated heterocycles. The molecule has 0 aromatic heterocycles. The Balaban J connectivity index is 1.67. The van der Waals surface area contributed by atoms with Crippen LogP contribution >= 0.6 is 0 Å². The molecule has 1 aliphatic heterocycles. The van der Waals surface area contributed by atoms with Crippen LogP contribution in [0.5, 0.6) is 0 Å². The van der Waals surface area contributed by atoms with Crippen molar-refractivity contribution in [3.8, 4) is 0 Å². The molecule has 2 aromatic carbocycles. The molecule has 0 spiro atoms. The van der Waals surface area contributed by atoms with Crippen LogP contribution in [0.1, 0.15) is 29.5 Å². The summed E-state index contributed by atoms with van der Waals surface area (Å²) in [4.78, 5) is 14.4. The Morgan fingerprint density at radius 1 is 1.05 bits per heavy atom. The minimum absolute atomic E-state index is 0.0274. The van der Waals surface area contributed by atoms with Crippen molar-refractivity contribution in [2.45, 2.75) is 18.4 Å². The maximum atomic E-state index is 12.5. The fourth-order valence-corrected chi connectivity index (χ4v) is 2.96. The molecular formula is C18H20N2O. The summed E-state index contributed by atoms with van der Waals surface area (Å²) in [6, 6.07) is 19.4. The molecular weight excluding hydrogens is 260 g/mol. The standard InChI is InChI=1S/C18H20N2O/c19-17(15-9-5-2-6-10-15)18(21)20-12-11-16(13-20)14-7-3-1-4-8-14/h1-10,16-17H,11-13,19H2. The topological polar surface area (TPSA) is 46.3 Å². The number of rotatable bonds is 3. The fraction of sp³-hybridized carbons (Fsp3) is 0.278. The summed E-state index contributed by atoms with van der Waals surface area (Å²) in [5.41, 5.74) is 8.30. The van der Waals surface area contributed by atoms with Gasteiger partial charge in [0.2, 0.25) is 5.91 Å². The minimum atomic E-state index is -0.555. The first-order valence-corrected chi connectivity index (χ1v) is 7.40. The van der Waals surface area contributed by atoms with Crippen LogP contribution < -0.4 is 5.73 Å². The Kier molecular flexibility index (Phi) is 4.02. The van der Waals surface area contributed by atoms with Gasteiger partial charge in [0.1, 0.15) is 6.04 Å². The Bertz CT molecular complexity index is 597. The first-order chi connectivity index (χ1) is 10.3. The molecule has 1 aliphatic rings. The summed E-state index contributed by atoms with van der Waals surface area (Å²) in [5.74, 6) is 0.456. The van der Waals surface area contributed by atoms with Gasteiger partial charge in [0.15, 0.2) is 0 Å². The molecule has 2 atom stereocenters. The lowest BCUT2D eigenvalue weighted by Crippen LogP contribution is -2.36. The number of likely N-dealkylation sites (tertiary alicyclic amines) is 1. The van der Waals surface area contributed by atoms with Gasteiger partial charge in [-0.1, -0.05) is 60.7 Å². The molecule has 3 rings (SSSR count). The molecule has 2 N–H and O–H groups in total. The Morgan fingerprint density at radius 3 is 2.33 bits per heavy atom. The van der Waals surface area contributed by atoms with Crippen molar-refractivity contribution < 1.29 is 4.79 Å². The maximum Gasteiger partial charge on any atom is 0.244 e. The van der Waals surface area contributed by atoms with E-state index in [2.05, 4.69) is 24.3 Å². The summed E-state index contributed by atoms with van der Waals surface area (Å²) in [6.07, 6.45) is 1.01. The summed E-state index contributed by atoms with van der Waals surface area (Å²) < 4.78 is 0. The number of carbonyl (C=O) groups is 1. The normalized spacial score (nSPS) is 19.5. The predicted octanol–water partition coefficient (Wildman–Crippen LogP) is 2.70. The van der Waals surface area contributed by atoms with E-state index in [1.165, 1.54) is 5.56 Å². The highest BCUT2D eigenvalue weighted by Crippen LogP contribution is 2.28. The fourth-order valence-electron chi connectivity index (χ4n) is 2.96. The molecule has 1 fully saturated rings. The predicted molar refractivity (Wildman–Crippen MR) is 83.8 cm³/mol. The van der Waals surface area contributed by atoms with Crippen LogP contribution in [-0.2, 0) is 4.79 Å². The molecule has 0 bridgehead atoms. The molecule has 2 unspecified atom stereocenters. The van der Waals surface area contributed by atoms with Crippen LogP contribution in [0.2, 0.25) is 0 Å². The van der Waals surface area contributed by atoms with Crippen molar-refractivity contribution >= 4 is 5.91 Å². The summed E-state index contributed by atoms with van der Waals surface area (Å²) in [7, 11) is 0. The van der Waals surface area contributed by atoms with Crippen molar-refractivity contribution in [1.29, 1.82) is 0 Å². The lowest BCUT2D eigenvalue weighted by Gasteiger charge is -2.21. The second kappa shape index (κ2) is 6.10. The highest BCUT2D eigenvalue weighted by Gasteiger charge is 2.30. The molecule has 0 radical (unpaired) electrons. The average Bonchev–Trinajstić information content (AvgIpc) is 3.05. The molecule has 2 aromatic rings. The van der Waals surface area contributed by atoms with Gasteiger partial charge in [-0.3, -0.25) is 4.79 Å². The van der Waals surface area contributed by atoms with Gasteiger partial charge in [-0.2, -0.15) is 0 Å². The van der Waals surface area contributed by atoms with Gasteiger partial charge in [0.25, 0.3) is 0 Å². The molecule has 3 nitrogen and oxygen atoms in total. The van der Waals surface area contributed by atoms with Crippen LogP contribution in [-0.4, -0.2) is 23.9 Å². The van der Waals surface area contributed by atoms with Crippen LogP contribution in [0, 0.1) is 0 Å².